The van der Waals surface area contributed by atoms with Crippen LogP contribution in [0.2, 0.25) is 0 Å². The smallest absolute Gasteiger partial charge is 0.0671 e. The van der Waals surface area contributed by atoms with Crippen LogP contribution in [0.4, 0.5) is 0 Å². The van der Waals surface area contributed by atoms with E-state index in [1.807, 2.05) is 0 Å². The molecule has 0 aromatic heterocycles. The minimum Gasteiger partial charge on any atom is -0.377 e. The van der Waals surface area contributed by atoms with E-state index in [1.165, 1.54) is 13.1 Å². The first kappa shape index (κ1) is 8.48. The maximum atomic E-state index is 5.26. The Bertz CT molecular complexity index is 168. The van der Waals surface area contributed by atoms with Gasteiger partial charge in [-0.3, -0.25) is 4.90 Å². The largest absolute Gasteiger partial charge is 0.377 e. The van der Waals surface area contributed by atoms with Crippen molar-refractivity contribution in [1.29, 1.82) is 0 Å². The maximum Gasteiger partial charge on any atom is 0.0671 e. The number of rotatable bonds is 1. The summed E-state index contributed by atoms with van der Waals surface area (Å²) >= 11 is 0. The van der Waals surface area contributed by atoms with Crippen LogP contribution in [0, 0.1) is 0 Å². The lowest BCUT2D eigenvalue weighted by atomic mass is 9.96. The minimum atomic E-state index is 0.344. The van der Waals surface area contributed by atoms with E-state index < -0.39 is 0 Å². The summed E-state index contributed by atoms with van der Waals surface area (Å²) in [4.78, 5) is 2.55. The first-order chi connectivity index (χ1) is 5.71. The van der Waals surface area contributed by atoms with Gasteiger partial charge in [-0.2, -0.15) is 0 Å². The van der Waals surface area contributed by atoms with Gasteiger partial charge in [-0.25, -0.2) is 0 Å². The monoisotopic (exact) mass is 170 g/mol. The highest BCUT2D eigenvalue weighted by molar-refractivity contribution is 4.95. The van der Waals surface area contributed by atoms with E-state index >= 15 is 0 Å². The van der Waals surface area contributed by atoms with Crippen LogP contribution < -0.4 is 5.32 Å². The second-order valence-electron chi connectivity index (χ2n) is 4.29. The van der Waals surface area contributed by atoms with E-state index in [9.17, 15) is 0 Å². The summed E-state index contributed by atoms with van der Waals surface area (Å²) in [6.07, 6.45) is 0. The number of hydrogen-bond donors (Lipinski definition) is 1. The van der Waals surface area contributed by atoms with Gasteiger partial charge in [-0.1, -0.05) is 0 Å². The van der Waals surface area contributed by atoms with Crippen LogP contribution in [-0.2, 0) is 4.74 Å². The Morgan fingerprint density at radius 2 is 2.25 bits per heavy atom. The Morgan fingerprint density at radius 1 is 1.50 bits per heavy atom. The van der Waals surface area contributed by atoms with Gasteiger partial charge in [-0.15, -0.1) is 0 Å². The van der Waals surface area contributed by atoms with Gasteiger partial charge in [0.1, 0.15) is 0 Å². The third-order valence-electron chi connectivity index (χ3n) is 2.96. The average molecular weight is 170 g/mol. The van der Waals surface area contributed by atoms with Gasteiger partial charge < -0.3 is 10.1 Å². The van der Waals surface area contributed by atoms with Crippen molar-refractivity contribution < 1.29 is 4.74 Å². The molecule has 0 bridgehead atoms. The first-order valence-corrected chi connectivity index (χ1v) is 4.77. The number of ether oxygens (including phenoxy) is 1. The molecule has 0 radical (unpaired) electrons. The molecular formula is C9H18N2O. The van der Waals surface area contributed by atoms with Crippen molar-refractivity contribution in [2.24, 2.45) is 0 Å². The van der Waals surface area contributed by atoms with Gasteiger partial charge in [0, 0.05) is 25.7 Å². The van der Waals surface area contributed by atoms with Crippen molar-refractivity contribution in [2.45, 2.75) is 25.4 Å². The van der Waals surface area contributed by atoms with E-state index in [0.717, 1.165) is 19.8 Å². The molecule has 12 heavy (non-hydrogen) atoms. The van der Waals surface area contributed by atoms with E-state index in [2.05, 4.69) is 24.1 Å². The van der Waals surface area contributed by atoms with Gasteiger partial charge in [0.2, 0.25) is 0 Å². The molecular weight excluding hydrogens is 152 g/mol. The molecule has 2 fully saturated rings. The summed E-state index contributed by atoms with van der Waals surface area (Å²) in [5, 5.41) is 3.45. The zero-order valence-electron chi connectivity index (χ0n) is 7.97. The molecule has 0 aliphatic carbocycles. The molecule has 0 spiro atoms. The van der Waals surface area contributed by atoms with E-state index in [-0.39, 0.29) is 0 Å². The second-order valence-corrected chi connectivity index (χ2v) is 4.29. The van der Waals surface area contributed by atoms with Crippen LogP contribution in [-0.4, -0.2) is 49.3 Å². The van der Waals surface area contributed by atoms with Crippen molar-refractivity contribution in [3.63, 3.8) is 0 Å². The summed E-state index contributed by atoms with van der Waals surface area (Å²) in [7, 11) is 0. The van der Waals surface area contributed by atoms with Crippen LogP contribution >= 0.6 is 0 Å². The highest BCUT2D eigenvalue weighted by Crippen LogP contribution is 2.25. The van der Waals surface area contributed by atoms with Crippen LogP contribution in [0.15, 0.2) is 0 Å². The van der Waals surface area contributed by atoms with E-state index in [0.29, 0.717) is 11.6 Å². The van der Waals surface area contributed by atoms with Gasteiger partial charge in [0.25, 0.3) is 0 Å². The standard InChI is InChI=1S/C9H18N2O/c1-8-5-11(4-3-10-8)9(2)6-12-7-9/h8,10H,3-7H2,1-2H3. The summed E-state index contributed by atoms with van der Waals surface area (Å²) in [5.74, 6) is 0. The molecule has 2 saturated heterocycles. The second kappa shape index (κ2) is 2.98. The Morgan fingerprint density at radius 3 is 2.75 bits per heavy atom. The van der Waals surface area contributed by atoms with Gasteiger partial charge >= 0.3 is 0 Å². The SMILES string of the molecule is CC1CN(C2(C)COC2)CCN1. The fraction of sp³-hybridized carbons (Fsp3) is 1.00. The van der Waals surface area contributed by atoms with Crippen molar-refractivity contribution in [2.75, 3.05) is 32.8 Å². The minimum absolute atomic E-state index is 0.344. The van der Waals surface area contributed by atoms with Gasteiger partial charge in [0.15, 0.2) is 0 Å². The molecule has 1 N–H and O–H groups in total. The topological polar surface area (TPSA) is 24.5 Å². The highest BCUT2D eigenvalue weighted by Gasteiger charge is 2.40. The zero-order chi connectivity index (χ0) is 8.60. The normalized spacial score (nSPS) is 36.0. The molecule has 0 saturated carbocycles. The highest BCUT2D eigenvalue weighted by atomic mass is 16.5. The number of nitrogens with zero attached hydrogens (tertiary/aromatic N) is 1. The Kier molecular flexibility index (Phi) is 2.10. The zero-order valence-corrected chi connectivity index (χ0v) is 7.97. The molecule has 3 nitrogen and oxygen atoms in total. The summed E-state index contributed by atoms with van der Waals surface area (Å²) in [5.41, 5.74) is 0.344. The number of nitrogens with one attached hydrogen (secondary N) is 1. The molecule has 2 heterocycles. The predicted molar refractivity (Wildman–Crippen MR) is 48.3 cm³/mol. The van der Waals surface area contributed by atoms with Crippen molar-refractivity contribution >= 4 is 0 Å². The number of hydrogen-bond acceptors (Lipinski definition) is 3. The lowest BCUT2D eigenvalue weighted by Crippen LogP contribution is -2.65. The lowest BCUT2D eigenvalue weighted by Gasteiger charge is -2.50. The van der Waals surface area contributed by atoms with Crippen molar-refractivity contribution in [1.82, 2.24) is 10.2 Å². The fourth-order valence-electron chi connectivity index (χ4n) is 2.00. The Balaban J connectivity index is 1.94. The molecule has 0 aromatic carbocycles. The molecule has 2 rings (SSSR count). The average Bonchev–Trinajstić information content (AvgIpc) is 2.00. The summed E-state index contributed by atoms with van der Waals surface area (Å²) < 4.78 is 5.26. The van der Waals surface area contributed by atoms with Crippen molar-refractivity contribution in [3.8, 4) is 0 Å². The van der Waals surface area contributed by atoms with Gasteiger partial charge in [-0.05, 0) is 13.8 Å². The third-order valence-corrected chi connectivity index (χ3v) is 2.96. The van der Waals surface area contributed by atoms with Crippen molar-refractivity contribution in [3.05, 3.63) is 0 Å². The summed E-state index contributed by atoms with van der Waals surface area (Å²) in [6.45, 7) is 9.84. The molecule has 0 aromatic rings. The van der Waals surface area contributed by atoms with Crippen LogP contribution in [0.3, 0.4) is 0 Å². The predicted octanol–water partition coefficient (Wildman–Crippen LogP) is 0.0690. The quantitative estimate of drug-likeness (QED) is 0.602. The molecule has 2 aliphatic rings. The lowest BCUT2D eigenvalue weighted by molar-refractivity contribution is -0.136. The van der Waals surface area contributed by atoms with Gasteiger partial charge in [0.05, 0.1) is 18.8 Å². The molecule has 1 unspecified atom stereocenters. The van der Waals surface area contributed by atoms with Crippen LogP contribution in [0.5, 0.6) is 0 Å². The fourth-order valence-corrected chi connectivity index (χ4v) is 2.00. The van der Waals surface area contributed by atoms with Crippen LogP contribution in [0.25, 0.3) is 0 Å². The van der Waals surface area contributed by atoms with Crippen LogP contribution in [0.1, 0.15) is 13.8 Å². The number of piperazine rings is 1. The maximum absolute atomic E-state index is 5.26. The molecule has 2 aliphatic heterocycles. The molecule has 70 valence electrons. The molecule has 0 amide bonds. The van der Waals surface area contributed by atoms with E-state index in [1.54, 1.807) is 0 Å². The third kappa shape index (κ3) is 1.37. The summed E-state index contributed by atoms with van der Waals surface area (Å²) in [6, 6.07) is 0.635. The molecule has 3 heteroatoms. The molecule has 1 atom stereocenters. The Hall–Kier alpha value is -0.120. The van der Waals surface area contributed by atoms with E-state index in [4.69, 9.17) is 4.74 Å². The first-order valence-electron chi connectivity index (χ1n) is 4.77. The Labute approximate surface area is 74.1 Å².